The van der Waals surface area contributed by atoms with Crippen molar-refractivity contribution in [1.82, 2.24) is 5.32 Å². The molecule has 0 aromatic carbocycles. The Morgan fingerprint density at radius 1 is 1.43 bits per heavy atom. The highest BCUT2D eigenvalue weighted by Gasteiger charge is 2.30. The van der Waals surface area contributed by atoms with Crippen molar-refractivity contribution >= 4 is 17.7 Å². The second-order valence-electron chi connectivity index (χ2n) is 7.14. The second-order valence-corrected chi connectivity index (χ2v) is 8.43. The van der Waals surface area contributed by atoms with Gasteiger partial charge in [-0.15, -0.1) is 11.8 Å². The van der Waals surface area contributed by atoms with Crippen molar-refractivity contribution in [3.8, 4) is 0 Å². The van der Waals surface area contributed by atoms with Crippen LogP contribution in [0.15, 0.2) is 12.2 Å². The quantitative estimate of drug-likeness (QED) is 0.281. The molecule has 124 valence electrons. The fourth-order valence-electron chi connectivity index (χ4n) is 2.38. The topological polar surface area (TPSA) is 49.3 Å². The first-order chi connectivity index (χ1) is 9.49. The molecule has 21 heavy (non-hydrogen) atoms. The van der Waals surface area contributed by atoms with E-state index in [9.17, 15) is 9.90 Å². The molecule has 4 nitrogen and oxygen atoms in total. The third kappa shape index (κ3) is 9.93. The lowest BCUT2D eigenvalue weighted by Crippen LogP contribution is -2.46. The highest BCUT2D eigenvalue weighted by molar-refractivity contribution is 7.99. The Balaban J connectivity index is 4.05. The van der Waals surface area contributed by atoms with Gasteiger partial charge < -0.3 is 14.9 Å². The van der Waals surface area contributed by atoms with Crippen LogP contribution >= 0.6 is 11.8 Å². The van der Waals surface area contributed by atoms with Gasteiger partial charge in [0.1, 0.15) is 5.44 Å². The van der Waals surface area contributed by atoms with Gasteiger partial charge in [0, 0.05) is 23.3 Å². The van der Waals surface area contributed by atoms with E-state index in [1.54, 1.807) is 6.92 Å². The molecule has 0 rings (SSSR count). The number of carbonyl (C=O) groups excluding carboxylic acids is 1. The van der Waals surface area contributed by atoms with Crippen LogP contribution in [0.4, 0.5) is 0 Å². The number of hydrogen-bond acceptors (Lipinski definition) is 3. The number of nitrogens with one attached hydrogen (secondary N) is 1. The molecule has 0 heterocycles. The summed E-state index contributed by atoms with van der Waals surface area (Å²) in [5, 5.41) is 12.9. The Hall–Kier alpha value is -0.520. The lowest BCUT2D eigenvalue weighted by Gasteiger charge is -2.37. The molecule has 0 aromatic rings. The number of carbonyl (C=O) groups is 1. The Bertz CT molecular complexity index is 354. The highest BCUT2D eigenvalue weighted by Crippen LogP contribution is 2.29. The lowest BCUT2D eigenvalue weighted by atomic mass is 9.88. The van der Waals surface area contributed by atoms with Crippen molar-refractivity contribution in [3.63, 3.8) is 0 Å². The number of amides is 1. The Kier molecular flexibility index (Phi) is 8.59. The maximum Gasteiger partial charge on any atom is 0.246 e. The van der Waals surface area contributed by atoms with E-state index >= 15 is 0 Å². The minimum Gasteiger partial charge on any atom is -0.382 e. The van der Waals surface area contributed by atoms with Crippen molar-refractivity contribution in [2.24, 2.45) is 5.41 Å². The van der Waals surface area contributed by atoms with Gasteiger partial charge in [-0.25, -0.2) is 0 Å². The minimum atomic E-state index is -0.390. The van der Waals surface area contributed by atoms with E-state index in [-0.39, 0.29) is 11.3 Å². The average molecular weight is 318 g/mol. The van der Waals surface area contributed by atoms with Crippen LogP contribution in [0.5, 0.6) is 0 Å². The summed E-state index contributed by atoms with van der Waals surface area (Å²) in [7, 11) is 4.43. The van der Waals surface area contributed by atoms with Gasteiger partial charge in [0.2, 0.25) is 5.91 Å². The fourth-order valence-corrected chi connectivity index (χ4v) is 3.44. The summed E-state index contributed by atoms with van der Waals surface area (Å²) in [5.74, 6) is 0.592. The van der Waals surface area contributed by atoms with Crippen LogP contribution in [0.3, 0.4) is 0 Å². The van der Waals surface area contributed by atoms with Gasteiger partial charge >= 0.3 is 0 Å². The van der Waals surface area contributed by atoms with Crippen LogP contribution in [0.2, 0.25) is 0 Å². The van der Waals surface area contributed by atoms with E-state index in [1.165, 1.54) is 11.8 Å². The van der Waals surface area contributed by atoms with Gasteiger partial charge in [-0.3, -0.25) is 4.79 Å². The first kappa shape index (κ1) is 20.5. The molecule has 0 spiro atoms. The predicted molar refractivity (Wildman–Crippen MR) is 92.2 cm³/mol. The molecule has 0 aromatic heterocycles. The van der Waals surface area contributed by atoms with Crippen LogP contribution in [-0.2, 0) is 4.79 Å². The molecule has 0 aliphatic heterocycles. The molecule has 0 saturated heterocycles. The molecule has 1 amide bonds. The van der Waals surface area contributed by atoms with Crippen LogP contribution in [0.25, 0.3) is 0 Å². The van der Waals surface area contributed by atoms with Crippen molar-refractivity contribution in [1.29, 1.82) is 0 Å². The van der Waals surface area contributed by atoms with Crippen LogP contribution < -0.4 is 5.32 Å². The lowest BCUT2D eigenvalue weighted by molar-refractivity contribution is -0.894. The molecule has 0 aliphatic carbocycles. The molecule has 5 heteroatoms. The number of nitrogens with zero attached hydrogens (tertiary/aromatic N) is 1. The summed E-state index contributed by atoms with van der Waals surface area (Å²) in [6, 6.07) is 0. The zero-order valence-electron chi connectivity index (χ0n) is 14.5. The molecule has 0 radical (unpaired) electrons. The van der Waals surface area contributed by atoms with Gasteiger partial charge in [0.15, 0.2) is 0 Å². The minimum absolute atomic E-state index is 0.0902. The van der Waals surface area contributed by atoms with Gasteiger partial charge in [-0.2, -0.15) is 0 Å². The normalized spacial score (nSPS) is 13.9. The van der Waals surface area contributed by atoms with E-state index in [2.05, 4.69) is 46.8 Å². The summed E-state index contributed by atoms with van der Waals surface area (Å²) in [4.78, 5) is 11.3. The van der Waals surface area contributed by atoms with Crippen molar-refractivity contribution in [2.45, 2.75) is 39.6 Å². The van der Waals surface area contributed by atoms with E-state index in [1.807, 2.05) is 0 Å². The number of thioether (sulfide) groups is 1. The number of rotatable bonds is 10. The first-order valence-corrected chi connectivity index (χ1v) is 8.59. The molecule has 0 bridgehead atoms. The van der Waals surface area contributed by atoms with Crippen LogP contribution in [-0.4, -0.2) is 60.4 Å². The van der Waals surface area contributed by atoms with Gasteiger partial charge in [-0.05, 0) is 20.3 Å². The molecular weight excluding hydrogens is 284 g/mol. The Morgan fingerprint density at radius 2 is 2.00 bits per heavy atom. The average Bonchev–Trinajstić information content (AvgIpc) is 2.32. The van der Waals surface area contributed by atoms with Gasteiger partial charge in [0.25, 0.3) is 0 Å². The highest BCUT2D eigenvalue weighted by atomic mass is 32.2. The van der Waals surface area contributed by atoms with Crippen molar-refractivity contribution in [3.05, 3.63) is 12.2 Å². The van der Waals surface area contributed by atoms with Gasteiger partial charge in [-0.1, -0.05) is 20.4 Å². The van der Waals surface area contributed by atoms with Crippen LogP contribution in [0.1, 0.15) is 34.1 Å². The maximum absolute atomic E-state index is 11.3. The summed E-state index contributed by atoms with van der Waals surface area (Å²) in [5.41, 5.74) is 0.215. The smallest absolute Gasteiger partial charge is 0.246 e. The standard InChI is InChI=1S/C16H32N2O2S/c1-8-18(6,7)12-16(4,5)11-14(19)21-10-9-17-15(20)13(2)3/h14,19H,2,8-12H2,1,3-7H3/p+1. The number of aliphatic hydroxyl groups excluding tert-OH is 1. The SMILES string of the molecule is C=C(C)C(=O)NCCSC(O)CC(C)(C)C[N+](C)(C)CC. The monoisotopic (exact) mass is 317 g/mol. The zero-order chi connectivity index (χ0) is 16.7. The molecule has 2 N–H and O–H groups in total. The van der Waals surface area contributed by atoms with E-state index < -0.39 is 5.44 Å². The Labute approximate surface area is 134 Å². The number of hydrogen-bond donors (Lipinski definition) is 2. The maximum atomic E-state index is 11.3. The molecule has 0 aliphatic rings. The third-order valence-corrected chi connectivity index (χ3v) is 4.52. The number of quaternary nitrogens is 1. The summed E-state index contributed by atoms with van der Waals surface area (Å²) < 4.78 is 0.957. The Morgan fingerprint density at radius 3 is 2.48 bits per heavy atom. The third-order valence-electron chi connectivity index (χ3n) is 3.52. The van der Waals surface area contributed by atoms with E-state index in [0.717, 1.165) is 24.0 Å². The molecule has 1 atom stereocenters. The van der Waals surface area contributed by atoms with Crippen molar-refractivity contribution < 1.29 is 14.4 Å². The largest absolute Gasteiger partial charge is 0.382 e. The van der Waals surface area contributed by atoms with Crippen LogP contribution in [0, 0.1) is 5.41 Å². The summed E-state index contributed by atoms with van der Waals surface area (Å²) in [6.07, 6.45) is 0.758. The molecule has 1 unspecified atom stereocenters. The molecular formula is C16H33N2O2S+. The first-order valence-electron chi connectivity index (χ1n) is 7.54. The zero-order valence-corrected chi connectivity index (χ0v) is 15.3. The summed E-state index contributed by atoms with van der Waals surface area (Å²) in [6.45, 7) is 14.5. The predicted octanol–water partition coefficient (Wildman–Crippen LogP) is 2.24. The van der Waals surface area contributed by atoms with E-state index in [4.69, 9.17) is 0 Å². The molecule has 0 fully saturated rings. The van der Waals surface area contributed by atoms with Crippen molar-refractivity contribution in [2.75, 3.05) is 39.5 Å². The fraction of sp³-hybridized carbons (Fsp3) is 0.812. The van der Waals surface area contributed by atoms with Gasteiger partial charge in [0.05, 0.1) is 27.2 Å². The molecule has 0 saturated carbocycles. The number of aliphatic hydroxyl groups is 1. The van der Waals surface area contributed by atoms with E-state index in [0.29, 0.717) is 17.9 Å². The second kappa shape index (κ2) is 8.81. The summed E-state index contributed by atoms with van der Waals surface area (Å²) >= 11 is 1.49.